The standard InChI is InChI=1S/C18H16FNO2.C12H12BrNO2/c1-3-22-18(21)17-16(12-6-4-5-7-14(12)19)13-10-11(2)8-9-15(13)20-17;1-3-16-12(15)11-10(13)8-6-7(2)4-5-9(8)14-11/h4-10,20H,3H2,1-2H3;4-6,14H,3H2,1-2H3. The molecular formula is C30H28BrFN2O4. The van der Waals surface area contributed by atoms with Crippen LogP contribution in [0.5, 0.6) is 0 Å². The Morgan fingerprint density at radius 1 is 0.789 bits per heavy atom. The largest absolute Gasteiger partial charge is 0.461 e. The van der Waals surface area contributed by atoms with Crippen LogP contribution in [0.1, 0.15) is 46.0 Å². The number of carbonyl (C=O) groups excluding carboxylic acids is 2. The molecule has 0 amide bonds. The third-order valence-electron chi connectivity index (χ3n) is 5.95. The van der Waals surface area contributed by atoms with Crippen molar-refractivity contribution < 1.29 is 23.5 Å². The number of fused-ring (bicyclic) bond motifs is 2. The van der Waals surface area contributed by atoms with E-state index in [1.807, 2.05) is 50.2 Å². The number of aryl methyl sites for hydroxylation is 2. The van der Waals surface area contributed by atoms with Gasteiger partial charge in [-0.2, -0.15) is 0 Å². The van der Waals surface area contributed by atoms with Crippen LogP contribution in [0.15, 0.2) is 65.1 Å². The normalized spacial score (nSPS) is 10.8. The second kappa shape index (κ2) is 11.6. The predicted octanol–water partition coefficient (Wildman–Crippen LogP) is 7.87. The lowest BCUT2D eigenvalue weighted by molar-refractivity contribution is 0.0511. The van der Waals surface area contributed by atoms with E-state index < -0.39 is 5.97 Å². The number of benzene rings is 3. The highest BCUT2D eigenvalue weighted by Gasteiger charge is 2.22. The van der Waals surface area contributed by atoms with Gasteiger partial charge in [0.1, 0.15) is 17.2 Å². The number of carbonyl (C=O) groups is 2. The van der Waals surface area contributed by atoms with Crippen molar-refractivity contribution in [1.82, 2.24) is 9.97 Å². The van der Waals surface area contributed by atoms with Gasteiger partial charge in [0.2, 0.25) is 0 Å². The van der Waals surface area contributed by atoms with Crippen LogP contribution in [-0.4, -0.2) is 35.1 Å². The zero-order valence-corrected chi connectivity index (χ0v) is 23.2. The average Bonchev–Trinajstić information content (AvgIpc) is 3.42. The number of hydrogen-bond acceptors (Lipinski definition) is 4. The molecule has 2 N–H and O–H groups in total. The number of nitrogens with one attached hydrogen (secondary N) is 2. The van der Waals surface area contributed by atoms with E-state index in [4.69, 9.17) is 9.47 Å². The second-order valence-corrected chi connectivity index (χ2v) is 9.50. The lowest BCUT2D eigenvalue weighted by Gasteiger charge is -2.06. The van der Waals surface area contributed by atoms with Gasteiger partial charge in [0.25, 0.3) is 0 Å². The minimum Gasteiger partial charge on any atom is -0.461 e. The van der Waals surface area contributed by atoms with Gasteiger partial charge in [-0.15, -0.1) is 0 Å². The second-order valence-electron chi connectivity index (χ2n) is 8.71. The number of aromatic nitrogens is 2. The Labute approximate surface area is 228 Å². The van der Waals surface area contributed by atoms with E-state index in [1.54, 1.807) is 32.0 Å². The summed E-state index contributed by atoms with van der Waals surface area (Å²) in [6.45, 7) is 8.15. The average molecular weight is 579 g/mol. The highest BCUT2D eigenvalue weighted by atomic mass is 79.9. The Balaban J connectivity index is 0.000000186. The fraction of sp³-hybridized carbons (Fsp3) is 0.200. The number of hydrogen-bond donors (Lipinski definition) is 2. The Morgan fingerprint density at radius 2 is 1.32 bits per heavy atom. The van der Waals surface area contributed by atoms with E-state index in [0.29, 0.717) is 23.4 Å². The zero-order chi connectivity index (χ0) is 27.4. The van der Waals surface area contributed by atoms with Crippen molar-refractivity contribution >= 4 is 49.7 Å². The number of halogens is 2. The van der Waals surface area contributed by atoms with E-state index in [1.165, 1.54) is 6.07 Å². The van der Waals surface area contributed by atoms with E-state index in [-0.39, 0.29) is 24.1 Å². The third-order valence-corrected chi connectivity index (χ3v) is 6.77. The van der Waals surface area contributed by atoms with Crippen LogP contribution in [0.2, 0.25) is 0 Å². The summed E-state index contributed by atoms with van der Waals surface area (Å²) in [4.78, 5) is 30.0. The molecule has 0 spiro atoms. The van der Waals surface area contributed by atoms with Crippen molar-refractivity contribution in [1.29, 1.82) is 0 Å². The van der Waals surface area contributed by atoms with Crippen molar-refractivity contribution in [3.63, 3.8) is 0 Å². The number of H-pyrrole nitrogens is 2. The SMILES string of the molecule is CCOC(=O)c1[nH]c2ccc(C)cc2c1-c1ccccc1F.CCOC(=O)c1[nH]c2ccc(C)cc2c1Br. The van der Waals surface area contributed by atoms with Gasteiger partial charge >= 0.3 is 11.9 Å². The molecule has 5 aromatic rings. The first kappa shape index (κ1) is 27.1. The molecule has 5 rings (SSSR count). The molecule has 2 aromatic heterocycles. The van der Waals surface area contributed by atoms with Crippen LogP contribution in [0, 0.1) is 19.7 Å². The summed E-state index contributed by atoms with van der Waals surface area (Å²) in [5, 5.41) is 1.82. The molecule has 0 saturated heterocycles. The lowest BCUT2D eigenvalue weighted by atomic mass is 10.00. The maximum atomic E-state index is 14.2. The van der Waals surface area contributed by atoms with Crippen molar-refractivity contribution in [2.45, 2.75) is 27.7 Å². The molecule has 0 bridgehead atoms. The van der Waals surface area contributed by atoms with Crippen LogP contribution < -0.4 is 0 Å². The topological polar surface area (TPSA) is 84.2 Å². The molecular weight excluding hydrogens is 551 g/mol. The minimum absolute atomic E-state index is 0.268. The molecule has 0 aliphatic rings. The fourth-order valence-electron chi connectivity index (χ4n) is 4.22. The molecule has 0 saturated carbocycles. The molecule has 0 atom stereocenters. The Hall–Kier alpha value is -3.91. The van der Waals surface area contributed by atoms with Gasteiger partial charge in [-0.3, -0.25) is 0 Å². The molecule has 196 valence electrons. The highest BCUT2D eigenvalue weighted by Crippen LogP contribution is 2.35. The van der Waals surface area contributed by atoms with Crippen LogP contribution in [0.25, 0.3) is 32.9 Å². The summed E-state index contributed by atoms with van der Waals surface area (Å²) in [5.74, 6) is -1.17. The molecule has 6 nitrogen and oxygen atoms in total. The predicted molar refractivity (Wildman–Crippen MR) is 151 cm³/mol. The molecule has 0 fully saturated rings. The van der Waals surface area contributed by atoms with Crippen molar-refractivity contribution in [3.8, 4) is 11.1 Å². The van der Waals surface area contributed by atoms with Crippen molar-refractivity contribution in [2.24, 2.45) is 0 Å². The summed E-state index contributed by atoms with van der Waals surface area (Å²) in [6, 6.07) is 18.2. The molecule has 38 heavy (non-hydrogen) atoms. The van der Waals surface area contributed by atoms with Gasteiger partial charge in [0.15, 0.2) is 0 Å². The van der Waals surface area contributed by atoms with Gasteiger partial charge in [-0.05, 0) is 74.0 Å². The fourth-order valence-corrected chi connectivity index (χ4v) is 4.81. The highest BCUT2D eigenvalue weighted by molar-refractivity contribution is 9.10. The third kappa shape index (κ3) is 5.50. The maximum absolute atomic E-state index is 14.2. The Kier molecular flexibility index (Phi) is 8.32. The summed E-state index contributed by atoms with van der Waals surface area (Å²) in [5.41, 5.74) is 5.61. The smallest absolute Gasteiger partial charge is 0.355 e. The summed E-state index contributed by atoms with van der Waals surface area (Å²) < 4.78 is 25.1. The summed E-state index contributed by atoms with van der Waals surface area (Å²) >= 11 is 3.42. The minimum atomic E-state index is -0.477. The number of aromatic amines is 2. The van der Waals surface area contributed by atoms with Crippen LogP contribution in [0.3, 0.4) is 0 Å². The molecule has 0 aliphatic carbocycles. The first-order chi connectivity index (χ1) is 18.2. The first-order valence-corrected chi connectivity index (χ1v) is 13.0. The van der Waals surface area contributed by atoms with E-state index in [2.05, 4.69) is 25.9 Å². The van der Waals surface area contributed by atoms with Gasteiger partial charge in [-0.25, -0.2) is 14.0 Å². The van der Waals surface area contributed by atoms with E-state index in [0.717, 1.165) is 37.4 Å². The summed E-state index contributed by atoms with van der Waals surface area (Å²) in [7, 11) is 0. The number of esters is 2. The maximum Gasteiger partial charge on any atom is 0.355 e. The first-order valence-electron chi connectivity index (χ1n) is 12.2. The van der Waals surface area contributed by atoms with Crippen molar-refractivity contribution in [2.75, 3.05) is 13.2 Å². The molecule has 3 aromatic carbocycles. The monoisotopic (exact) mass is 578 g/mol. The summed E-state index contributed by atoms with van der Waals surface area (Å²) in [6.07, 6.45) is 0. The van der Waals surface area contributed by atoms with Gasteiger partial charge in [0.05, 0.1) is 17.7 Å². The van der Waals surface area contributed by atoms with Gasteiger partial charge < -0.3 is 19.4 Å². The van der Waals surface area contributed by atoms with Gasteiger partial charge in [-0.1, -0.05) is 41.5 Å². The van der Waals surface area contributed by atoms with Crippen LogP contribution >= 0.6 is 15.9 Å². The Morgan fingerprint density at radius 3 is 1.92 bits per heavy atom. The van der Waals surface area contributed by atoms with Crippen molar-refractivity contribution in [3.05, 3.63) is 93.5 Å². The van der Waals surface area contributed by atoms with E-state index in [9.17, 15) is 14.0 Å². The van der Waals surface area contributed by atoms with E-state index >= 15 is 0 Å². The number of rotatable bonds is 5. The van der Waals surface area contributed by atoms with Crippen LogP contribution in [-0.2, 0) is 9.47 Å². The zero-order valence-electron chi connectivity index (χ0n) is 21.6. The Bertz CT molecular complexity index is 1640. The number of ether oxygens (including phenoxy) is 2. The molecule has 2 heterocycles. The molecule has 0 unspecified atom stereocenters. The van der Waals surface area contributed by atoms with Gasteiger partial charge in [0, 0.05) is 32.9 Å². The molecule has 0 aliphatic heterocycles. The molecule has 0 radical (unpaired) electrons. The quantitative estimate of drug-likeness (QED) is 0.208. The lowest BCUT2D eigenvalue weighted by Crippen LogP contribution is -2.06. The molecule has 8 heteroatoms. The van der Waals surface area contributed by atoms with Crippen LogP contribution in [0.4, 0.5) is 4.39 Å².